The van der Waals surface area contributed by atoms with Crippen LogP contribution in [0.3, 0.4) is 0 Å². The second-order valence-electron chi connectivity index (χ2n) is 8.21. The first-order valence-corrected chi connectivity index (χ1v) is 13.3. The number of phosphoric acid groups is 1. The molecule has 0 aromatic carbocycles. The molecule has 0 aliphatic carbocycles. The number of nitrogens with one attached hydrogen (secondary N) is 1. The Hall–Kier alpha value is -1.34. The Morgan fingerprint density at radius 3 is 2.39 bits per heavy atom. The van der Waals surface area contributed by atoms with E-state index >= 15 is 0 Å². The van der Waals surface area contributed by atoms with Crippen molar-refractivity contribution < 1.29 is 67.9 Å². The van der Waals surface area contributed by atoms with Gasteiger partial charge >= 0.3 is 21.1 Å². The summed E-state index contributed by atoms with van der Waals surface area (Å²) in [5.41, 5.74) is -1.39. The zero-order valence-corrected chi connectivity index (χ0v) is 20.2. The van der Waals surface area contributed by atoms with Crippen molar-refractivity contribution in [1.29, 1.82) is 0 Å². The Morgan fingerprint density at radius 1 is 1.17 bits per heavy atom. The lowest BCUT2D eigenvalue weighted by molar-refractivity contribution is -0.305. The molecule has 9 atom stereocenters. The van der Waals surface area contributed by atoms with Gasteiger partial charge in [-0.3, -0.25) is 18.9 Å². The van der Waals surface area contributed by atoms with Crippen LogP contribution in [0, 0.1) is 6.92 Å². The second kappa shape index (κ2) is 10.4. The van der Waals surface area contributed by atoms with E-state index < -0.39 is 88.3 Å². The molecule has 1 aromatic rings. The molecule has 0 amide bonds. The largest absolute Gasteiger partial charge is 0.476 e. The highest BCUT2D eigenvalue weighted by atomic mass is 31.3. The predicted molar refractivity (Wildman–Crippen MR) is 112 cm³/mol. The number of aryl methyl sites for hydroxylation is 1. The Labute approximate surface area is 201 Å². The average molecular weight is 564 g/mol. The van der Waals surface area contributed by atoms with E-state index in [2.05, 4.69) is 4.31 Å². The summed E-state index contributed by atoms with van der Waals surface area (Å²) >= 11 is 0. The summed E-state index contributed by atoms with van der Waals surface area (Å²) in [6.07, 6.45) is -12.6. The molecule has 9 N–H and O–H groups in total. The molecule has 206 valence electrons. The maximum Gasteiger partial charge on any atom is 0.476 e. The van der Waals surface area contributed by atoms with Gasteiger partial charge in [0.2, 0.25) is 5.34 Å². The first-order valence-electron chi connectivity index (χ1n) is 10.2. The number of aromatic amines is 1. The molecule has 1 aromatic heterocycles. The van der Waals surface area contributed by atoms with Crippen LogP contribution in [0.15, 0.2) is 15.8 Å². The third-order valence-electron chi connectivity index (χ3n) is 5.73. The van der Waals surface area contributed by atoms with Crippen molar-refractivity contribution in [2.45, 2.75) is 61.7 Å². The maximum atomic E-state index is 13.6. The van der Waals surface area contributed by atoms with Crippen molar-refractivity contribution in [3.63, 3.8) is 0 Å². The average Bonchev–Trinajstić information content (AvgIpc) is 3.15. The van der Waals surface area contributed by atoms with Gasteiger partial charge in [-0.25, -0.2) is 13.7 Å². The number of rotatable bonds is 8. The van der Waals surface area contributed by atoms with E-state index in [1.807, 2.05) is 4.98 Å². The monoisotopic (exact) mass is 564 g/mol. The molecule has 3 rings (SSSR count). The topological polar surface area (TPSA) is 288 Å². The van der Waals surface area contributed by atoms with E-state index in [0.717, 1.165) is 10.8 Å². The number of H-pyrrole nitrogens is 1. The van der Waals surface area contributed by atoms with Gasteiger partial charge in [0.15, 0.2) is 6.29 Å². The predicted octanol–water partition coefficient (Wildman–Crippen LogP) is -4.07. The summed E-state index contributed by atoms with van der Waals surface area (Å²) in [5.74, 6) is 0. The summed E-state index contributed by atoms with van der Waals surface area (Å²) in [5, 5.41) is 56.9. The molecular weight excluding hydrogens is 538 g/mol. The standard InChI is InChI=1S/C16H26N2O16P2/c1-6-3-18(15(26)17-13(6)24)9-2-7(20)8(32-9)4-31-35(27,34-36(28,29)30)16(5-19)12(23)10(21)11(22)14(25)33-16/h3,7-12,14,19-23,25H,2,4-5H2,1H3,(H,17,24,26)(H2,28,29,30)/t7-,8+,9+,10+,11+,12-,14-,16-,35?/m0/s1. The molecule has 0 radical (unpaired) electrons. The Morgan fingerprint density at radius 2 is 1.81 bits per heavy atom. The van der Waals surface area contributed by atoms with Crippen molar-refractivity contribution in [3.8, 4) is 0 Å². The Balaban J connectivity index is 1.89. The quantitative estimate of drug-likeness (QED) is 0.136. The van der Waals surface area contributed by atoms with Crippen LogP contribution in [0.4, 0.5) is 0 Å². The van der Waals surface area contributed by atoms with Crippen LogP contribution in [0.25, 0.3) is 0 Å². The highest BCUT2D eigenvalue weighted by molar-refractivity contribution is 7.65. The fourth-order valence-electron chi connectivity index (χ4n) is 3.76. The fourth-order valence-corrected chi connectivity index (χ4v) is 7.07. The normalized spacial score (nSPS) is 37.1. The zero-order chi connectivity index (χ0) is 27.2. The lowest BCUT2D eigenvalue weighted by Crippen LogP contribution is -2.65. The van der Waals surface area contributed by atoms with E-state index in [0.29, 0.717) is 0 Å². The van der Waals surface area contributed by atoms with Crippen LogP contribution in [-0.2, 0) is 27.4 Å². The SMILES string of the molecule is Cc1cn([C@H]2C[C@H](O)[C@@H](COP(=O)(OP(=O)(O)O)[C@]3(CO)O[C@H](O)[C@H](O)[C@@H](O)[C@@H]3O)O2)c(=O)[nH]c1=O. The summed E-state index contributed by atoms with van der Waals surface area (Å²) in [7, 11) is -11.4. The highest BCUT2D eigenvalue weighted by Crippen LogP contribution is 2.70. The lowest BCUT2D eigenvalue weighted by Gasteiger charge is -2.48. The number of aliphatic hydroxyl groups is 6. The van der Waals surface area contributed by atoms with Crippen LogP contribution in [0.1, 0.15) is 18.2 Å². The van der Waals surface area contributed by atoms with Crippen LogP contribution < -0.4 is 11.2 Å². The van der Waals surface area contributed by atoms with Gasteiger partial charge in [-0.15, -0.1) is 0 Å². The number of aromatic nitrogens is 2. The van der Waals surface area contributed by atoms with Crippen LogP contribution in [-0.4, -0.2) is 105 Å². The van der Waals surface area contributed by atoms with Crippen molar-refractivity contribution in [3.05, 3.63) is 32.6 Å². The van der Waals surface area contributed by atoms with Gasteiger partial charge in [-0.2, -0.15) is 0 Å². The van der Waals surface area contributed by atoms with Crippen LogP contribution in [0.2, 0.25) is 0 Å². The number of nitrogens with zero attached hydrogens (tertiary/aromatic N) is 1. The fraction of sp³-hybridized carbons (Fsp3) is 0.750. The molecule has 2 fully saturated rings. The van der Waals surface area contributed by atoms with E-state index in [1.54, 1.807) is 0 Å². The zero-order valence-electron chi connectivity index (χ0n) is 18.4. The second-order valence-corrected chi connectivity index (χ2v) is 11.9. The maximum absolute atomic E-state index is 13.6. The molecule has 2 aliphatic heterocycles. The third kappa shape index (κ3) is 5.43. The van der Waals surface area contributed by atoms with Crippen molar-refractivity contribution in [2.75, 3.05) is 13.2 Å². The van der Waals surface area contributed by atoms with Gasteiger partial charge in [-0.1, -0.05) is 0 Å². The van der Waals surface area contributed by atoms with Gasteiger partial charge in [0.05, 0.1) is 19.3 Å². The van der Waals surface area contributed by atoms with Gasteiger partial charge in [0, 0.05) is 18.2 Å². The van der Waals surface area contributed by atoms with Crippen LogP contribution >= 0.6 is 15.4 Å². The highest BCUT2D eigenvalue weighted by Gasteiger charge is 2.66. The van der Waals surface area contributed by atoms with Crippen LogP contribution in [0.5, 0.6) is 0 Å². The number of aliphatic hydroxyl groups excluding tert-OH is 6. The van der Waals surface area contributed by atoms with Gasteiger partial charge in [-0.05, 0) is 6.92 Å². The molecule has 36 heavy (non-hydrogen) atoms. The number of hydrogen-bond donors (Lipinski definition) is 9. The van der Waals surface area contributed by atoms with Gasteiger partial charge in [0.1, 0.15) is 30.6 Å². The van der Waals surface area contributed by atoms with Gasteiger partial charge in [0.25, 0.3) is 5.56 Å². The minimum absolute atomic E-state index is 0.138. The summed E-state index contributed by atoms with van der Waals surface area (Å²) < 4.78 is 45.6. The minimum Gasteiger partial charge on any atom is -0.393 e. The molecule has 18 nitrogen and oxygen atoms in total. The van der Waals surface area contributed by atoms with Crippen molar-refractivity contribution in [1.82, 2.24) is 9.55 Å². The Kier molecular flexibility index (Phi) is 8.47. The summed E-state index contributed by atoms with van der Waals surface area (Å²) in [6, 6.07) is 0. The third-order valence-corrected chi connectivity index (χ3v) is 9.36. The molecule has 0 bridgehead atoms. The molecule has 3 heterocycles. The molecule has 20 heteroatoms. The molecule has 2 saturated heterocycles. The van der Waals surface area contributed by atoms with E-state index in [-0.39, 0.29) is 12.0 Å². The lowest BCUT2D eigenvalue weighted by atomic mass is 9.99. The van der Waals surface area contributed by atoms with Crippen molar-refractivity contribution in [2.24, 2.45) is 0 Å². The molecule has 2 aliphatic rings. The van der Waals surface area contributed by atoms with E-state index in [4.69, 9.17) is 14.0 Å². The summed E-state index contributed by atoms with van der Waals surface area (Å²) in [4.78, 5) is 44.3. The minimum atomic E-state index is -5.74. The molecule has 0 spiro atoms. The molecule has 0 saturated carbocycles. The summed E-state index contributed by atoms with van der Waals surface area (Å²) in [6.45, 7) is -1.20. The smallest absolute Gasteiger partial charge is 0.393 e. The van der Waals surface area contributed by atoms with E-state index in [9.17, 15) is 59.1 Å². The molecular formula is C16H26N2O16P2. The first-order chi connectivity index (χ1) is 16.5. The van der Waals surface area contributed by atoms with Gasteiger partial charge < -0.3 is 54.4 Å². The molecule has 1 unspecified atom stereocenters. The number of ether oxygens (including phenoxy) is 2. The number of hydrogen-bond acceptors (Lipinski definition) is 14. The Bertz CT molecular complexity index is 1170. The van der Waals surface area contributed by atoms with Crippen molar-refractivity contribution >= 4 is 15.4 Å². The first kappa shape index (κ1) is 29.2. The van der Waals surface area contributed by atoms with E-state index in [1.165, 1.54) is 6.92 Å².